The highest BCUT2D eigenvalue weighted by molar-refractivity contribution is 4.82. The molecule has 0 amide bonds. The van der Waals surface area contributed by atoms with Crippen molar-refractivity contribution in [2.75, 3.05) is 13.6 Å². The number of nitrogens with zero attached hydrogens (tertiary/aromatic N) is 1. The van der Waals surface area contributed by atoms with Gasteiger partial charge in [-0.15, -0.1) is 0 Å². The summed E-state index contributed by atoms with van der Waals surface area (Å²) in [6.07, 6.45) is 6.60. The second-order valence-electron chi connectivity index (χ2n) is 6.14. The molecule has 2 N–H and O–H groups in total. The molecule has 0 heterocycles. The van der Waals surface area contributed by atoms with Gasteiger partial charge in [0.25, 0.3) is 0 Å². The third-order valence-electron chi connectivity index (χ3n) is 3.87. The molecule has 0 aromatic carbocycles. The number of hydrogen-bond donors (Lipinski definition) is 1. The van der Waals surface area contributed by atoms with Crippen molar-refractivity contribution < 1.29 is 0 Å². The van der Waals surface area contributed by atoms with E-state index in [9.17, 15) is 0 Å². The van der Waals surface area contributed by atoms with Crippen LogP contribution in [-0.4, -0.2) is 30.6 Å². The molecule has 90 valence electrons. The highest BCUT2D eigenvalue weighted by Gasteiger charge is 2.28. The topological polar surface area (TPSA) is 29.3 Å². The highest BCUT2D eigenvalue weighted by atomic mass is 15.1. The Balaban J connectivity index is 2.27. The maximum Gasteiger partial charge on any atom is 0.00926 e. The number of rotatable bonds is 4. The molecule has 1 saturated carbocycles. The van der Waals surface area contributed by atoms with Crippen molar-refractivity contribution >= 4 is 0 Å². The average Bonchev–Trinajstić information content (AvgIpc) is 2.14. The lowest BCUT2D eigenvalue weighted by molar-refractivity contribution is 0.125. The monoisotopic (exact) mass is 212 g/mol. The van der Waals surface area contributed by atoms with Gasteiger partial charge in [-0.3, -0.25) is 0 Å². The molecule has 0 aromatic rings. The van der Waals surface area contributed by atoms with Crippen LogP contribution in [0.4, 0.5) is 0 Å². The van der Waals surface area contributed by atoms with Crippen LogP contribution in [0.2, 0.25) is 0 Å². The minimum atomic E-state index is 0.340. The Bertz CT molecular complexity index is 177. The van der Waals surface area contributed by atoms with Crippen LogP contribution >= 0.6 is 0 Å². The molecule has 1 rings (SSSR count). The Morgan fingerprint density at radius 2 is 1.87 bits per heavy atom. The van der Waals surface area contributed by atoms with E-state index < -0.39 is 0 Å². The van der Waals surface area contributed by atoms with Gasteiger partial charge in [-0.2, -0.15) is 0 Å². The van der Waals surface area contributed by atoms with Crippen LogP contribution in [0.15, 0.2) is 0 Å². The third-order valence-corrected chi connectivity index (χ3v) is 3.87. The normalized spacial score (nSPS) is 24.4. The summed E-state index contributed by atoms with van der Waals surface area (Å²) in [7, 11) is 2.26. The van der Waals surface area contributed by atoms with Crippen molar-refractivity contribution in [1.29, 1.82) is 0 Å². The van der Waals surface area contributed by atoms with Crippen molar-refractivity contribution in [1.82, 2.24) is 4.90 Å². The van der Waals surface area contributed by atoms with Crippen LogP contribution in [0, 0.1) is 5.41 Å². The minimum absolute atomic E-state index is 0.340. The molecule has 2 heteroatoms. The zero-order chi connectivity index (χ0) is 11.5. The SMILES string of the molecule is CC(N)CCN(C)C1CCC(C)(C)CC1. The second-order valence-corrected chi connectivity index (χ2v) is 6.14. The molecule has 1 fully saturated rings. The summed E-state index contributed by atoms with van der Waals surface area (Å²) in [6, 6.07) is 1.14. The van der Waals surface area contributed by atoms with Gasteiger partial charge >= 0.3 is 0 Å². The fourth-order valence-corrected chi connectivity index (χ4v) is 2.41. The van der Waals surface area contributed by atoms with E-state index in [1.54, 1.807) is 0 Å². The zero-order valence-electron chi connectivity index (χ0n) is 10.9. The van der Waals surface area contributed by atoms with E-state index in [4.69, 9.17) is 5.73 Å². The number of hydrogen-bond acceptors (Lipinski definition) is 2. The van der Waals surface area contributed by atoms with E-state index in [1.165, 1.54) is 25.7 Å². The van der Waals surface area contributed by atoms with Crippen molar-refractivity contribution in [3.8, 4) is 0 Å². The van der Waals surface area contributed by atoms with Crippen LogP contribution in [0.5, 0.6) is 0 Å². The van der Waals surface area contributed by atoms with Gasteiger partial charge in [0.1, 0.15) is 0 Å². The van der Waals surface area contributed by atoms with Gasteiger partial charge in [-0.05, 0) is 58.0 Å². The third kappa shape index (κ3) is 4.52. The largest absolute Gasteiger partial charge is 0.328 e. The quantitative estimate of drug-likeness (QED) is 0.776. The first-order valence-electron chi connectivity index (χ1n) is 6.36. The van der Waals surface area contributed by atoms with E-state index in [-0.39, 0.29) is 0 Å². The molecule has 15 heavy (non-hydrogen) atoms. The molecule has 1 aliphatic carbocycles. The summed E-state index contributed by atoms with van der Waals surface area (Å²) < 4.78 is 0. The maximum absolute atomic E-state index is 5.79. The second kappa shape index (κ2) is 5.31. The minimum Gasteiger partial charge on any atom is -0.328 e. The molecule has 2 nitrogen and oxygen atoms in total. The van der Waals surface area contributed by atoms with Gasteiger partial charge in [-0.25, -0.2) is 0 Å². The molecule has 0 aromatic heterocycles. The first kappa shape index (κ1) is 13.0. The van der Waals surface area contributed by atoms with E-state index in [0.717, 1.165) is 19.0 Å². The maximum atomic E-state index is 5.79. The van der Waals surface area contributed by atoms with E-state index in [2.05, 4.69) is 32.7 Å². The van der Waals surface area contributed by atoms with E-state index in [1.807, 2.05) is 0 Å². The summed E-state index contributed by atoms with van der Waals surface area (Å²) >= 11 is 0. The predicted octanol–water partition coefficient (Wildman–Crippen LogP) is 2.62. The van der Waals surface area contributed by atoms with Gasteiger partial charge in [0.15, 0.2) is 0 Å². The first-order chi connectivity index (χ1) is 6.91. The molecule has 0 spiro atoms. The summed E-state index contributed by atoms with van der Waals surface area (Å²) in [5, 5.41) is 0. The first-order valence-corrected chi connectivity index (χ1v) is 6.36. The Kier molecular flexibility index (Phi) is 4.60. The Morgan fingerprint density at radius 1 is 1.33 bits per heavy atom. The highest BCUT2D eigenvalue weighted by Crippen LogP contribution is 2.36. The fourth-order valence-electron chi connectivity index (χ4n) is 2.41. The Morgan fingerprint density at radius 3 is 2.33 bits per heavy atom. The average molecular weight is 212 g/mol. The lowest BCUT2D eigenvalue weighted by atomic mass is 9.75. The van der Waals surface area contributed by atoms with Gasteiger partial charge in [0.2, 0.25) is 0 Å². The van der Waals surface area contributed by atoms with Gasteiger partial charge < -0.3 is 10.6 Å². The molecular weight excluding hydrogens is 184 g/mol. The predicted molar refractivity (Wildman–Crippen MR) is 66.9 cm³/mol. The standard InChI is InChI=1S/C13H28N2/c1-11(14)7-10-15(4)12-5-8-13(2,3)9-6-12/h11-12H,5-10,14H2,1-4H3. The summed E-state index contributed by atoms with van der Waals surface area (Å²) in [5.41, 5.74) is 6.37. The van der Waals surface area contributed by atoms with Crippen LogP contribution in [0.3, 0.4) is 0 Å². The number of nitrogens with two attached hydrogens (primary N) is 1. The Labute approximate surface area is 95.2 Å². The molecule has 0 bridgehead atoms. The Hall–Kier alpha value is -0.0800. The van der Waals surface area contributed by atoms with E-state index >= 15 is 0 Å². The zero-order valence-corrected chi connectivity index (χ0v) is 10.9. The van der Waals surface area contributed by atoms with Crippen molar-refractivity contribution in [2.45, 2.75) is 65.0 Å². The molecule has 0 aliphatic heterocycles. The van der Waals surface area contributed by atoms with Crippen molar-refractivity contribution in [2.24, 2.45) is 11.1 Å². The molecule has 1 aliphatic rings. The smallest absolute Gasteiger partial charge is 0.00926 e. The van der Waals surface area contributed by atoms with Gasteiger partial charge in [0.05, 0.1) is 0 Å². The molecule has 1 unspecified atom stereocenters. The van der Waals surface area contributed by atoms with Gasteiger partial charge in [0, 0.05) is 12.1 Å². The lowest BCUT2D eigenvalue weighted by Gasteiger charge is -2.38. The summed E-state index contributed by atoms with van der Waals surface area (Å²) in [5.74, 6) is 0. The molecular formula is C13H28N2. The molecule has 0 saturated heterocycles. The van der Waals surface area contributed by atoms with Crippen LogP contribution in [0.1, 0.15) is 52.9 Å². The van der Waals surface area contributed by atoms with Crippen molar-refractivity contribution in [3.05, 3.63) is 0 Å². The van der Waals surface area contributed by atoms with Crippen LogP contribution in [0.25, 0.3) is 0 Å². The van der Waals surface area contributed by atoms with Gasteiger partial charge in [-0.1, -0.05) is 13.8 Å². The van der Waals surface area contributed by atoms with Crippen LogP contribution < -0.4 is 5.73 Å². The summed E-state index contributed by atoms with van der Waals surface area (Å²) in [6.45, 7) is 8.04. The fraction of sp³-hybridized carbons (Fsp3) is 1.00. The van der Waals surface area contributed by atoms with Crippen LogP contribution in [-0.2, 0) is 0 Å². The molecule has 1 atom stereocenters. The van der Waals surface area contributed by atoms with E-state index in [0.29, 0.717) is 11.5 Å². The summed E-state index contributed by atoms with van der Waals surface area (Å²) in [4.78, 5) is 2.51. The van der Waals surface area contributed by atoms with Crippen molar-refractivity contribution in [3.63, 3.8) is 0 Å². The lowest BCUT2D eigenvalue weighted by Crippen LogP contribution is -2.39. The molecule has 0 radical (unpaired) electrons.